The average molecular weight is 603 g/mol. The van der Waals surface area contributed by atoms with E-state index in [0.717, 1.165) is 79.0 Å². The van der Waals surface area contributed by atoms with Crippen molar-refractivity contribution >= 4 is 41.6 Å². The van der Waals surface area contributed by atoms with Crippen molar-refractivity contribution in [3.63, 3.8) is 0 Å². The Labute approximate surface area is 256 Å². The van der Waals surface area contributed by atoms with E-state index in [1.807, 2.05) is 31.2 Å². The predicted molar refractivity (Wildman–Crippen MR) is 160 cm³/mol. The van der Waals surface area contributed by atoms with Crippen LogP contribution in [0.3, 0.4) is 0 Å². The molecule has 0 unspecified atom stereocenters. The van der Waals surface area contributed by atoms with Crippen LogP contribution in [-0.2, 0) is 33.0 Å². The van der Waals surface area contributed by atoms with Gasteiger partial charge in [-0.1, -0.05) is 72.6 Å². The standard InChI is InChI=1S/C34H35N4O3.Fe/c1-8-20-16(3)24-13-26-18(5)22(10-11-31(40)41-7)33(37-26)23-12-30(39)32-19(6)27(38-34(23)32)15-29-21(9-2)17(4)25(36-29)14-28(20)35-24;/h8,13-15,18,22H,1,9-12H2,2-7H3,(H-,37,38,39);/q-3;+4/p-1/b25-14-,26-13-,29-15-;/t18-,22-;/m0./s1. The molecule has 216 valence electrons. The Balaban J connectivity index is 0.00000353. The van der Waals surface area contributed by atoms with E-state index in [1.54, 1.807) is 0 Å². The first-order valence-electron chi connectivity index (χ1n) is 14.3. The maximum atomic E-state index is 13.4. The van der Waals surface area contributed by atoms with Crippen LogP contribution in [0, 0.1) is 32.6 Å². The molecule has 0 N–H and O–H groups in total. The van der Waals surface area contributed by atoms with Gasteiger partial charge in [-0.25, -0.2) is 0 Å². The Morgan fingerprint density at radius 2 is 1.74 bits per heavy atom. The number of aromatic nitrogens is 3. The number of esters is 1. The smallest absolute Gasteiger partial charge is 0.664 e. The number of rotatable bonds is 5. The van der Waals surface area contributed by atoms with Gasteiger partial charge in [0.05, 0.1) is 7.11 Å². The summed E-state index contributed by atoms with van der Waals surface area (Å²) in [5.41, 5.74) is 11.5. The largest absolute Gasteiger partial charge is 4.00 e. The van der Waals surface area contributed by atoms with Gasteiger partial charge in [-0.2, -0.15) is 11.4 Å². The number of carbonyl (C=O) groups excluding carboxylic acids is 2. The normalized spacial score (nSPS) is 23.2. The molecule has 42 heavy (non-hydrogen) atoms. The number of carbonyl (C=O) groups is 2. The molecule has 2 aliphatic heterocycles. The molecule has 1 aliphatic carbocycles. The van der Waals surface area contributed by atoms with Gasteiger partial charge in [-0.15, -0.1) is 33.5 Å². The molecule has 3 aromatic heterocycles. The van der Waals surface area contributed by atoms with Crippen LogP contribution >= 0.6 is 0 Å². The third-order valence-corrected chi connectivity index (χ3v) is 9.08. The molecule has 0 radical (unpaired) electrons. The fourth-order valence-corrected chi connectivity index (χ4v) is 6.64. The van der Waals surface area contributed by atoms with Crippen LogP contribution < -0.4 is 25.7 Å². The molecule has 1 fully saturated rings. The molecule has 5 heterocycles. The SMILES string of the molecule is C=Cc1c2[n-]c(c1C)/C=C1\[N-]/C(=C3/CC(=O)c4c3[n-]c(c4C)/C=c3\[n-]/c(c(C)c3CC)=C\2)[C@@H](CCC(=O)OC)[C@@H]1C.[Fe+4]. The first-order valence-corrected chi connectivity index (χ1v) is 14.3. The fraction of sp³-hybridized carbons (Fsp3) is 0.353. The molecule has 1 saturated heterocycles. The number of hydrogen-bond donors (Lipinski definition) is 0. The Morgan fingerprint density at radius 1 is 1.02 bits per heavy atom. The minimum atomic E-state index is -0.257. The summed E-state index contributed by atoms with van der Waals surface area (Å²) < 4.78 is 4.95. The van der Waals surface area contributed by atoms with E-state index in [-0.39, 0.29) is 53.5 Å². The third kappa shape index (κ3) is 4.58. The first-order chi connectivity index (χ1) is 19.7. The molecule has 7 nitrogen and oxygen atoms in total. The average Bonchev–Trinajstić information content (AvgIpc) is 3.70. The quantitative estimate of drug-likeness (QED) is 0.313. The molecule has 8 heteroatoms. The molecule has 8 bridgehead atoms. The van der Waals surface area contributed by atoms with E-state index < -0.39 is 0 Å². The zero-order valence-corrected chi connectivity index (χ0v) is 26.0. The van der Waals surface area contributed by atoms with Crippen LogP contribution in [0.1, 0.15) is 94.1 Å². The van der Waals surface area contributed by atoms with Crippen molar-refractivity contribution in [2.45, 2.75) is 60.3 Å². The van der Waals surface area contributed by atoms with Gasteiger partial charge in [0.1, 0.15) is 0 Å². The van der Waals surface area contributed by atoms with Crippen molar-refractivity contribution in [3.05, 3.63) is 90.1 Å². The summed E-state index contributed by atoms with van der Waals surface area (Å²) in [6, 6.07) is 0. The van der Waals surface area contributed by atoms with Crippen molar-refractivity contribution < 1.29 is 31.4 Å². The summed E-state index contributed by atoms with van der Waals surface area (Å²) in [4.78, 5) is 40.6. The maximum absolute atomic E-state index is 13.4. The van der Waals surface area contributed by atoms with E-state index in [0.29, 0.717) is 17.7 Å². The van der Waals surface area contributed by atoms with Crippen LogP contribution in [0.2, 0.25) is 0 Å². The number of ether oxygens (including phenoxy) is 1. The van der Waals surface area contributed by atoms with E-state index in [2.05, 4.69) is 34.3 Å². The van der Waals surface area contributed by atoms with Gasteiger partial charge in [-0.05, 0) is 51.0 Å². The van der Waals surface area contributed by atoms with Crippen molar-refractivity contribution in [1.82, 2.24) is 15.0 Å². The van der Waals surface area contributed by atoms with Crippen molar-refractivity contribution in [3.8, 4) is 0 Å². The molecular formula is C34H34FeN4O3. The number of methoxy groups -OCH3 is 1. The van der Waals surface area contributed by atoms with Gasteiger partial charge in [-0.3, -0.25) is 9.59 Å². The molecule has 3 aliphatic rings. The summed E-state index contributed by atoms with van der Waals surface area (Å²) in [6.45, 7) is 14.4. The van der Waals surface area contributed by atoms with E-state index in [1.165, 1.54) is 7.11 Å². The Hall–Kier alpha value is -3.74. The Morgan fingerprint density at radius 3 is 2.43 bits per heavy atom. The molecule has 0 amide bonds. The van der Waals surface area contributed by atoms with Gasteiger partial charge < -0.3 is 25.0 Å². The molecule has 3 aromatic rings. The van der Waals surface area contributed by atoms with Crippen LogP contribution in [0.5, 0.6) is 0 Å². The number of ketones is 1. The Bertz CT molecular complexity index is 1830. The minimum Gasteiger partial charge on any atom is -0.664 e. The monoisotopic (exact) mass is 602 g/mol. The van der Waals surface area contributed by atoms with E-state index in [9.17, 15) is 9.59 Å². The van der Waals surface area contributed by atoms with Crippen LogP contribution in [-0.4, -0.2) is 18.9 Å². The molecule has 0 aromatic carbocycles. The second-order valence-electron chi connectivity index (χ2n) is 11.3. The van der Waals surface area contributed by atoms with Gasteiger partial charge in [0, 0.05) is 18.4 Å². The molecule has 6 rings (SSSR count). The van der Waals surface area contributed by atoms with Gasteiger partial charge >= 0.3 is 23.0 Å². The second-order valence-corrected chi connectivity index (χ2v) is 11.3. The number of allylic oxidation sites excluding steroid dienone is 3. The summed E-state index contributed by atoms with van der Waals surface area (Å²) in [7, 11) is 1.41. The van der Waals surface area contributed by atoms with Crippen molar-refractivity contribution in [2.75, 3.05) is 7.11 Å². The Kier molecular flexibility index (Phi) is 7.90. The van der Waals surface area contributed by atoms with Gasteiger partial charge in [0.2, 0.25) is 0 Å². The summed E-state index contributed by atoms with van der Waals surface area (Å²) in [6.07, 6.45) is 9.87. The number of fused-ring (bicyclic) bond motifs is 7. The van der Waals surface area contributed by atoms with Crippen molar-refractivity contribution in [2.24, 2.45) is 11.8 Å². The molecule has 2 atom stereocenters. The minimum absolute atomic E-state index is 0. The summed E-state index contributed by atoms with van der Waals surface area (Å²) in [5, 5.41) is 6.89. The number of Topliss-reactive ketones (excluding diaryl/α,β-unsaturated/α-hetero) is 1. The molecular weight excluding hydrogens is 568 g/mol. The maximum Gasteiger partial charge on any atom is 4.00 e. The van der Waals surface area contributed by atoms with Crippen LogP contribution in [0.15, 0.2) is 18.0 Å². The second kappa shape index (κ2) is 11.2. The van der Waals surface area contributed by atoms with E-state index in [4.69, 9.17) is 25.0 Å². The van der Waals surface area contributed by atoms with E-state index >= 15 is 0 Å². The topological polar surface area (TPSA) is 99.8 Å². The van der Waals surface area contributed by atoms with Crippen LogP contribution in [0.25, 0.3) is 35.2 Å². The molecule has 0 saturated carbocycles. The summed E-state index contributed by atoms with van der Waals surface area (Å²) >= 11 is 0. The van der Waals surface area contributed by atoms with Gasteiger partial charge in [0.15, 0.2) is 5.78 Å². The molecule has 0 spiro atoms. The third-order valence-electron chi connectivity index (χ3n) is 9.08. The number of hydrogen-bond acceptors (Lipinski definition) is 3. The first kappa shape index (κ1) is 29.7. The zero-order valence-electron chi connectivity index (χ0n) is 24.9. The number of nitrogens with zero attached hydrogens (tertiary/aromatic N) is 4. The summed E-state index contributed by atoms with van der Waals surface area (Å²) in [5.74, 6) is -0.233. The zero-order chi connectivity index (χ0) is 29.2. The fourth-order valence-electron chi connectivity index (χ4n) is 6.64. The van der Waals surface area contributed by atoms with Crippen molar-refractivity contribution in [1.29, 1.82) is 0 Å². The van der Waals surface area contributed by atoms with Gasteiger partial charge in [0.25, 0.3) is 0 Å². The van der Waals surface area contributed by atoms with Crippen LogP contribution in [0.4, 0.5) is 0 Å². The predicted octanol–water partition coefficient (Wildman–Crippen LogP) is 4.59.